The second-order valence-corrected chi connectivity index (χ2v) is 7.40. The molecule has 4 heteroatoms. The van der Waals surface area contributed by atoms with Crippen molar-refractivity contribution in [3.8, 4) is 0 Å². The van der Waals surface area contributed by atoms with Gasteiger partial charge in [-0.1, -0.05) is 24.3 Å². The molecule has 1 aliphatic rings. The highest BCUT2D eigenvalue weighted by molar-refractivity contribution is 6.07. The Hall–Kier alpha value is -2.36. The Kier molecular flexibility index (Phi) is 4.08. The summed E-state index contributed by atoms with van der Waals surface area (Å²) in [5.74, 6) is -0.746. The van der Waals surface area contributed by atoms with Crippen molar-refractivity contribution in [2.45, 2.75) is 52.2 Å². The topological polar surface area (TPSA) is 55.4 Å². The van der Waals surface area contributed by atoms with Gasteiger partial charge in [-0.05, 0) is 68.5 Å². The quantitative estimate of drug-likeness (QED) is 0.880. The average molecular weight is 325 g/mol. The summed E-state index contributed by atoms with van der Waals surface area (Å²) in [6.45, 7) is 7.27. The van der Waals surface area contributed by atoms with Crippen LogP contribution in [-0.4, -0.2) is 23.5 Å². The second kappa shape index (κ2) is 5.93. The third-order valence-electron chi connectivity index (χ3n) is 4.25. The van der Waals surface area contributed by atoms with Gasteiger partial charge in [-0.25, -0.2) is 4.79 Å². The highest BCUT2D eigenvalue weighted by atomic mass is 16.5. The molecule has 1 N–H and O–H groups in total. The van der Waals surface area contributed by atoms with Gasteiger partial charge in [-0.2, -0.15) is 0 Å². The number of nitrogens with one attached hydrogen (secondary N) is 1. The molecular formula is C20H23NO3. The van der Waals surface area contributed by atoms with E-state index in [1.165, 1.54) is 16.5 Å². The van der Waals surface area contributed by atoms with Gasteiger partial charge in [0.05, 0.1) is 5.56 Å². The van der Waals surface area contributed by atoms with E-state index < -0.39 is 12.1 Å². The first-order valence-electron chi connectivity index (χ1n) is 8.33. The van der Waals surface area contributed by atoms with Crippen LogP contribution in [0.3, 0.4) is 0 Å². The summed E-state index contributed by atoms with van der Waals surface area (Å²) in [6.07, 6.45) is 1.19. The SMILES string of the molecule is CC(OC(=O)c1ccc2c3c(cccc13)CC2)C(=O)NC(C)(C)C. The number of aryl methyl sites for hydroxylation is 2. The fourth-order valence-corrected chi connectivity index (χ4v) is 3.17. The Morgan fingerprint density at radius 1 is 1.08 bits per heavy atom. The van der Waals surface area contributed by atoms with Gasteiger partial charge in [0.1, 0.15) is 0 Å². The van der Waals surface area contributed by atoms with E-state index in [9.17, 15) is 9.59 Å². The van der Waals surface area contributed by atoms with Crippen LogP contribution in [0.4, 0.5) is 0 Å². The molecule has 1 aliphatic carbocycles. The molecule has 0 aliphatic heterocycles. The maximum absolute atomic E-state index is 12.6. The first-order chi connectivity index (χ1) is 11.3. The van der Waals surface area contributed by atoms with Crippen LogP contribution in [-0.2, 0) is 22.4 Å². The van der Waals surface area contributed by atoms with Crippen molar-refractivity contribution in [3.05, 3.63) is 47.0 Å². The molecule has 126 valence electrons. The highest BCUT2D eigenvalue weighted by Crippen LogP contribution is 2.33. The minimum Gasteiger partial charge on any atom is -0.449 e. The smallest absolute Gasteiger partial charge is 0.339 e. The number of carbonyl (C=O) groups is 2. The number of hydrogen-bond acceptors (Lipinski definition) is 3. The molecule has 3 rings (SSSR count). The second-order valence-electron chi connectivity index (χ2n) is 7.40. The molecular weight excluding hydrogens is 302 g/mol. The fourth-order valence-electron chi connectivity index (χ4n) is 3.17. The summed E-state index contributed by atoms with van der Waals surface area (Å²) in [7, 11) is 0. The van der Waals surface area contributed by atoms with Crippen molar-refractivity contribution < 1.29 is 14.3 Å². The monoisotopic (exact) mass is 325 g/mol. The molecule has 0 heterocycles. The third-order valence-corrected chi connectivity index (χ3v) is 4.25. The molecule has 0 radical (unpaired) electrons. The molecule has 1 atom stereocenters. The maximum Gasteiger partial charge on any atom is 0.339 e. The molecule has 24 heavy (non-hydrogen) atoms. The van der Waals surface area contributed by atoms with Crippen LogP contribution in [0.15, 0.2) is 30.3 Å². The summed E-state index contributed by atoms with van der Waals surface area (Å²) in [6, 6.07) is 9.83. The number of carbonyl (C=O) groups excluding carboxylic acids is 2. The Balaban J connectivity index is 1.84. The zero-order valence-corrected chi connectivity index (χ0v) is 14.6. The van der Waals surface area contributed by atoms with Crippen molar-refractivity contribution >= 4 is 22.6 Å². The largest absolute Gasteiger partial charge is 0.449 e. The molecule has 1 amide bonds. The van der Waals surface area contributed by atoms with E-state index in [0.717, 1.165) is 18.2 Å². The fraction of sp³-hybridized carbons (Fsp3) is 0.400. The number of rotatable bonds is 3. The number of benzene rings is 2. The van der Waals surface area contributed by atoms with Crippen LogP contribution in [0.25, 0.3) is 10.8 Å². The van der Waals surface area contributed by atoms with Crippen LogP contribution in [0, 0.1) is 0 Å². The normalized spacial score (nSPS) is 14.5. The third kappa shape index (κ3) is 3.14. The average Bonchev–Trinajstić information content (AvgIpc) is 2.91. The minimum atomic E-state index is -0.834. The van der Waals surface area contributed by atoms with Gasteiger partial charge < -0.3 is 10.1 Å². The lowest BCUT2D eigenvalue weighted by molar-refractivity contribution is -0.130. The van der Waals surface area contributed by atoms with Gasteiger partial charge in [0.2, 0.25) is 0 Å². The Morgan fingerprint density at radius 2 is 1.75 bits per heavy atom. The predicted molar refractivity (Wildman–Crippen MR) is 94.1 cm³/mol. The molecule has 0 fully saturated rings. The Morgan fingerprint density at radius 3 is 2.42 bits per heavy atom. The van der Waals surface area contributed by atoms with E-state index in [-0.39, 0.29) is 11.4 Å². The van der Waals surface area contributed by atoms with E-state index >= 15 is 0 Å². The zero-order chi connectivity index (χ0) is 17.5. The van der Waals surface area contributed by atoms with Gasteiger partial charge in [0, 0.05) is 5.54 Å². The van der Waals surface area contributed by atoms with Gasteiger partial charge in [0.25, 0.3) is 5.91 Å². The molecule has 4 nitrogen and oxygen atoms in total. The first-order valence-corrected chi connectivity index (χ1v) is 8.33. The summed E-state index contributed by atoms with van der Waals surface area (Å²) in [5.41, 5.74) is 2.71. The van der Waals surface area contributed by atoms with Crippen molar-refractivity contribution in [1.82, 2.24) is 5.32 Å². The van der Waals surface area contributed by atoms with Crippen molar-refractivity contribution in [1.29, 1.82) is 0 Å². The van der Waals surface area contributed by atoms with Gasteiger partial charge in [0.15, 0.2) is 6.10 Å². The van der Waals surface area contributed by atoms with E-state index in [1.807, 2.05) is 45.0 Å². The lowest BCUT2D eigenvalue weighted by Gasteiger charge is -2.23. The van der Waals surface area contributed by atoms with E-state index in [2.05, 4.69) is 11.4 Å². The van der Waals surface area contributed by atoms with Gasteiger partial charge >= 0.3 is 5.97 Å². The first kappa shape index (κ1) is 16.5. The lowest BCUT2D eigenvalue weighted by Crippen LogP contribution is -2.46. The molecule has 1 unspecified atom stereocenters. The van der Waals surface area contributed by atoms with E-state index in [4.69, 9.17) is 4.74 Å². The Labute approximate surface area is 142 Å². The van der Waals surface area contributed by atoms with Crippen LogP contribution >= 0.6 is 0 Å². The summed E-state index contributed by atoms with van der Waals surface area (Å²) >= 11 is 0. The van der Waals surface area contributed by atoms with Crippen molar-refractivity contribution in [2.75, 3.05) is 0 Å². The standard InChI is InChI=1S/C20H23NO3/c1-12(18(22)21-20(2,3)4)24-19(23)16-11-10-14-9-8-13-6-5-7-15(16)17(13)14/h5-7,10-12H,8-9H2,1-4H3,(H,21,22). The summed E-state index contributed by atoms with van der Waals surface area (Å²) in [5, 5.41) is 4.90. The number of ether oxygens (including phenoxy) is 1. The molecule has 0 bridgehead atoms. The molecule has 0 saturated carbocycles. The maximum atomic E-state index is 12.6. The number of hydrogen-bond donors (Lipinski definition) is 1. The van der Waals surface area contributed by atoms with Crippen LogP contribution in [0.5, 0.6) is 0 Å². The van der Waals surface area contributed by atoms with Crippen molar-refractivity contribution in [2.24, 2.45) is 0 Å². The van der Waals surface area contributed by atoms with Crippen molar-refractivity contribution in [3.63, 3.8) is 0 Å². The van der Waals surface area contributed by atoms with Crippen LogP contribution in [0.1, 0.15) is 49.2 Å². The lowest BCUT2D eigenvalue weighted by atomic mass is 10.00. The highest BCUT2D eigenvalue weighted by Gasteiger charge is 2.25. The predicted octanol–water partition coefficient (Wildman–Crippen LogP) is 3.40. The molecule has 0 spiro atoms. The Bertz CT molecular complexity index is 807. The molecule has 0 saturated heterocycles. The molecule has 2 aromatic carbocycles. The van der Waals surface area contributed by atoms with Crippen LogP contribution < -0.4 is 5.32 Å². The van der Waals surface area contributed by atoms with E-state index in [1.54, 1.807) is 6.92 Å². The number of esters is 1. The number of amides is 1. The van der Waals surface area contributed by atoms with E-state index in [0.29, 0.717) is 5.56 Å². The van der Waals surface area contributed by atoms with Gasteiger partial charge in [-0.3, -0.25) is 4.79 Å². The molecule has 0 aromatic heterocycles. The summed E-state index contributed by atoms with van der Waals surface area (Å²) in [4.78, 5) is 24.7. The zero-order valence-electron chi connectivity index (χ0n) is 14.6. The minimum absolute atomic E-state index is 0.290. The molecule has 2 aromatic rings. The summed E-state index contributed by atoms with van der Waals surface area (Å²) < 4.78 is 5.40. The van der Waals surface area contributed by atoms with Crippen LogP contribution in [0.2, 0.25) is 0 Å². The van der Waals surface area contributed by atoms with Gasteiger partial charge in [-0.15, -0.1) is 0 Å².